The Balaban J connectivity index is 1.57. The number of carbonyl (C=O) groups excluding carboxylic acids is 1. The van der Waals surface area contributed by atoms with E-state index in [1.165, 1.54) is 0 Å². The Kier molecular flexibility index (Phi) is 5.03. The van der Waals surface area contributed by atoms with Crippen molar-refractivity contribution in [3.05, 3.63) is 71.5 Å². The normalized spacial score (nSPS) is 14.8. The second-order valence-corrected chi connectivity index (χ2v) is 6.92. The van der Waals surface area contributed by atoms with Crippen molar-refractivity contribution in [2.75, 3.05) is 13.2 Å². The molecule has 4 rings (SSSR count). The van der Waals surface area contributed by atoms with Crippen molar-refractivity contribution >= 4 is 29.1 Å². The molecule has 6 heteroatoms. The zero-order valence-electron chi connectivity index (χ0n) is 15.0. The summed E-state index contributed by atoms with van der Waals surface area (Å²) in [5.41, 5.74) is 9.62. The smallest absolute Gasteiger partial charge is 0.423 e. The molecule has 2 heterocycles. The van der Waals surface area contributed by atoms with E-state index >= 15 is 0 Å². The third-order valence-corrected chi connectivity index (χ3v) is 5.19. The van der Waals surface area contributed by atoms with Crippen molar-refractivity contribution in [3.8, 4) is 0 Å². The van der Waals surface area contributed by atoms with Crippen LogP contribution in [0.1, 0.15) is 22.6 Å². The fraction of sp³-hybridized carbons (Fsp3) is 0.238. The zero-order valence-corrected chi connectivity index (χ0v) is 15.0. The number of pyridine rings is 1. The number of nitrogens with two attached hydrogens (primary N) is 1. The van der Waals surface area contributed by atoms with Crippen LogP contribution in [0.4, 0.5) is 0 Å². The van der Waals surface area contributed by atoms with Crippen LogP contribution in [0.15, 0.2) is 54.9 Å². The fourth-order valence-electron chi connectivity index (χ4n) is 3.69. The van der Waals surface area contributed by atoms with Gasteiger partial charge in [-0.2, -0.15) is 0 Å². The highest BCUT2D eigenvalue weighted by atomic mass is 16.5. The maximum Gasteiger partial charge on any atom is 0.491 e. The minimum absolute atomic E-state index is 0.0958. The molecule has 0 saturated carbocycles. The molecule has 2 aromatic carbocycles. The molecule has 0 radical (unpaired) electrons. The Hall–Kier alpha value is -2.54. The van der Waals surface area contributed by atoms with Gasteiger partial charge >= 0.3 is 7.12 Å². The van der Waals surface area contributed by atoms with E-state index in [-0.39, 0.29) is 18.2 Å². The molecule has 136 valence electrons. The third-order valence-electron chi connectivity index (χ3n) is 5.19. The molecule has 0 spiro atoms. The zero-order chi connectivity index (χ0) is 18.8. The van der Waals surface area contributed by atoms with Gasteiger partial charge in [0.05, 0.1) is 5.92 Å². The molecule has 3 aromatic rings. The van der Waals surface area contributed by atoms with Crippen LogP contribution in [0.5, 0.6) is 0 Å². The van der Waals surface area contributed by atoms with E-state index < -0.39 is 7.12 Å². The molecule has 0 aliphatic carbocycles. The highest BCUT2D eigenvalue weighted by Gasteiger charge is 2.27. The average molecular weight is 360 g/mol. The van der Waals surface area contributed by atoms with Gasteiger partial charge in [0.15, 0.2) is 0 Å². The monoisotopic (exact) mass is 360 g/mol. The first-order valence-electron chi connectivity index (χ1n) is 9.13. The Morgan fingerprint density at radius 2 is 2.11 bits per heavy atom. The quantitative estimate of drug-likeness (QED) is 0.671. The number of fused-ring (bicyclic) bond motifs is 2. The van der Waals surface area contributed by atoms with Crippen molar-refractivity contribution < 1.29 is 14.5 Å². The van der Waals surface area contributed by atoms with Gasteiger partial charge in [-0.05, 0) is 40.0 Å². The molecule has 1 aliphatic rings. The van der Waals surface area contributed by atoms with Gasteiger partial charge < -0.3 is 15.4 Å². The van der Waals surface area contributed by atoms with Gasteiger partial charge in [-0.3, -0.25) is 9.78 Å². The molecule has 27 heavy (non-hydrogen) atoms. The van der Waals surface area contributed by atoms with Crippen molar-refractivity contribution in [2.45, 2.75) is 18.8 Å². The Labute approximate surface area is 158 Å². The first-order valence-corrected chi connectivity index (χ1v) is 9.13. The number of carbonyl (C=O) groups is 1. The summed E-state index contributed by atoms with van der Waals surface area (Å²) in [6.07, 6.45) is 4.63. The predicted molar refractivity (Wildman–Crippen MR) is 106 cm³/mol. The molecule has 1 unspecified atom stereocenters. The van der Waals surface area contributed by atoms with Gasteiger partial charge in [0.2, 0.25) is 0 Å². The largest absolute Gasteiger partial charge is 0.491 e. The SMILES string of the molecule is NCC(C(=O)Cc1ccc2cnccc2c1)c1ccc2c(c1)CCOB2O. The van der Waals surface area contributed by atoms with Crippen LogP contribution >= 0.6 is 0 Å². The lowest BCUT2D eigenvalue weighted by atomic mass is 9.72. The van der Waals surface area contributed by atoms with Crippen LogP contribution in [0, 0.1) is 0 Å². The molecule has 0 amide bonds. The summed E-state index contributed by atoms with van der Waals surface area (Å²) in [5, 5.41) is 12.0. The van der Waals surface area contributed by atoms with Crippen molar-refractivity contribution in [1.82, 2.24) is 4.98 Å². The summed E-state index contributed by atoms with van der Waals surface area (Å²) < 4.78 is 5.25. The first kappa shape index (κ1) is 17.9. The topological polar surface area (TPSA) is 85.4 Å². The maximum absolute atomic E-state index is 12.9. The molecule has 1 atom stereocenters. The van der Waals surface area contributed by atoms with E-state index in [4.69, 9.17) is 10.4 Å². The van der Waals surface area contributed by atoms with E-state index in [1.54, 1.807) is 6.20 Å². The highest BCUT2D eigenvalue weighted by molar-refractivity contribution is 6.60. The number of ketones is 1. The fourth-order valence-corrected chi connectivity index (χ4v) is 3.69. The molecular weight excluding hydrogens is 339 g/mol. The number of rotatable bonds is 5. The minimum Gasteiger partial charge on any atom is -0.423 e. The van der Waals surface area contributed by atoms with Crippen LogP contribution in [-0.4, -0.2) is 36.1 Å². The van der Waals surface area contributed by atoms with Gasteiger partial charge in [-0.25, -0.2) is 0 Å². The third kappa shape index (κ3) is 3.64. The lowest BCUT2D eigenvalue weighted by Gasteiger charge is -2.22. The van der Waals surface area contributed by atoms with Crippen LogP contribution in [0.3, 0.4) is 0 Å². The first-order chi connectivity index (χ1) is 13.2. The number of nitrogens with zero attached hydrogens (tertiary/aromatic N) is 1. The molecule has 0 bridgehead atoms. The average Bonchev–Trinajstić information content (AvgIpc) is 2.68. The number of benzene rings is 2. The summed E-state index contributed by atoms with van der Waals surface area (Å²) in [6.45, 7) is 0.735. The van der Waals surface area contributed by atoms with Crippen LogP contribution in [0.2, 0.25) is 0 Å². The summed E-state index contributed by atoms with van der Waals surface area (Å²) in [5.74, 6) is -0.262. The summed E-state index contributed by atoms with van der Waals surface area (Å²) in [6, 6.07) is 13.6. The Bertz CT molecular complexity index is 992. The van der Waals surface area contributed by atoms with Gasteiger partial charge in [-0.1, -0.05) is 36.4 Å². The number of aromatic nitrogens is 1. The van der Waals surface area contributed by atoms with Crippen LogP contribution < -0.4 is 11.2 Å². The van der Waals surface area contributed by atoms with E-state index in [1.807, 2.05) is 48.7 Å². The summed E-state index contributed by atoms with van der Waals surface area (Å²) in [7, 11) is -0.887. The Morgan fingerprint density at radius 1 is 1.22 bits per heavy atom. The predicted octanol–water partition coefficient (Wildman–Crippen LogP) is 1.35. The Morgan fingerprint density at radius 3 is 2.96 bits per heavy atom. The van der Waals surface area contributed by atoms with Gasteiger partial charge in [0, 0.05) is 37.4 Å². The van der Waals surface area contributed by atoms with Crippen molar-refractivity contribution in [2.24, 2.45) is 5.73 Å². The molecule has 0 fully saturated rings. The molecule has 1 aliphatic heterocycles. The van der Waals surface area contributed by atoms with E-state index in [0.717, 1.165) is 39.3 Å². The lowest BCUT2D eigenvalue weighted by Crippen LogP contribution is -2.41. The maximum atomic E-state index is 12.9. The molecule has 1 aromatic heterocycles. The number of hydrogen-bond donors (Lipinski definition) is 2. The second kappa shape index (κ2) is 7.60. The number of hydrogen-bond acceptors (Lipinski definition) is 5. The van der Waals surface area contributed by atoms with E-state index in [9.17, 15) is 9.82 Å². The second-order valence-electron chi connectivity index (χ2n) is 6.92. The van der Waals surface area contributed by atoms with Gasteiger partial charge in [-0.15, -0.1) is 0 Å². The number of Topliss-reactive ketones (excluding diaryl/α,β-unsaturated/α-hetero) is 1. The molecule has 3 N–H and O–H groups in total. The van der Waals surface area contributed by atoms with E-state index in [2.05, 4.69) is 4.98 Å². The lowest BCUT2D eigenvalue weighted by molar-refractivity contribution is -0.119. The molecule has 0 saturated heterocycles. The van der Waals surface area contributed by atoms with Gasteiger partial charge in [0.1, 0.15) is 5.78 Å². The summed E-state index contributed by atoms with van der Waals surface area (Å²) >= 11 is 0. The highest BCUT2D eigenvalue weighted by Crippen LogP contribution is 2.22. The van der Waals surface area contributed by atoms with Crippen molar-refractivity contribution in [3.63, 3.8) is 0 Å². The standard InChI is InChI=1S/C21H21BN2O3/c23-12-19(16-3-4-20-17(11-16)6-8-27-22(20)26)21(25)10-14-1-2-18-13-24-7-5-15(18)9-14/h1-5,7,9,11,13,19,26H,6,8,10,12,23H2. The van der Waals surface area contributed by atoms with Crippen molar-refractivity contribution in [1.29, 1.82) is 0 Å². The summed E-state index contributed by atoms with van der Waals surface area (Å²) in [4.78, 5) is 17.1. The molecule has 5 nitrogen and oxygen atoms in total. The molecular formula is C21H21BN2O3. The minimum atomic E-state index is -0.887. The van der Waals surface area contributed by atoms with E-state index in [0.29, 0.717) is 13.0 Å². The van der Waals surface area contributed by atoms with Crippen LogP contribution in [-0.2, 0) is 22.3 Å². The van der Waals surface area contributed by atoms with Crippen LogP contribution in [0.25, 0.3) is 10.8 Å². The van der Waals surface area contributed by atoms with Gasteiger partial charge in [0.25, 0.3) is 0 Å².